The molecule has 0 saturated heterocycles. The molecule has 0 saturated carbocycles. The van der Waals surface area contributed by atoms with Crippen LogP contribution in [0.1, 0.15) is 5.56 Å². The number of amides is 4. The van der Waals surface area contributed by atoms with Gasteiger partial charge >= 0.3 is 0 Å². The van der Waals surface area contributed by atoms with Crippen LogP contribution in [0, 0.1) is 0 Å². The topological polar surface area (TPSA) is 146 Å². The van der Waals surface area contributed by atoms with Crippen molar-refractivity contribution in [2.75, 3.05) is 13.1 Å². The zero-order valence-corrected chi connectivity index (χ0v) is 13.4. The van der Waals surface area contributed by atoms with E-state index >= 15 is 0 Å². The molecular formula is C16H19N5O4. The first-order valence-electron chi connectivity index (χ1n) is 7.58. The van der Waals surface area contributed by atoms with Gasteiger partial charge in [-0.05, 0) is 11.6 Å². The Morgan fingerprint density at radius 2 is 1.96 bits per heavy atom. The molecule has 6 N–H and O–H groups in total. The minimum absolute atomic E-state index is 0.210. The second-order valence-corrected chi connectivity index (χ2v) is 5.37. The molecule has 1 unspecified atom stereocenters. The Morgan fingerprint density at radius 1 is 1.20 bits per heavy atom. The van der Waals surface area contributed by atoms with Crippen molar-refractivity contribution in [3.63, 3.8) is 0 Å². The highest BCUT2D eigenvalue weighted by Crippen LogP contribution is 2.19. The van der Waals surface area contributed by atoms with E-state index in [2.05, 4.69) is 20.9 Å². The Morgan fingerprint density at radius 3 is 2.68 bits per heavy atom. The van der Waals surface area contributed by atoms with E-state index in [0.29, 0.717) is 6.41 Å². The van der Waals surface area contributed by atoms with Crippen molar-refractivity contribution < 1.29 is 19.2 Å². The lowest BCUT2D eigenvalue weighted by molar-refractivity contribution is -0.129. The fourth-order valence-corrected chi connectivity index (χ4v) is 2.41. The van der Waals surface area contributed by atoms with Gasteiger partial charge in [0.05, 0.1) is 13.1 Å². The van der Waals surface area contributed by atoms with Crippen LogP contribution in [0.2, 0.25) is 0 Å². The van der Waals surface area contributed by atoms with Crippen molar-refractivity contribution in [3.8, 4) is 0 Å². The fraction of sp³-hybridized carbons (Fsp3) is 0.250. The third-order valence-corrected chi connectivity index (χ3v) is 3.53. The van der Waals surface area contributed by atoms with Gasteiger partial charge in [-0.2, -0.15) is 0 Å². The van der Waals surface area contributed by atoms with Crippen molar-refractivity contribution in [1.82, 2.24) is 20.9 Å². The van der Waals surface area contributed by atoms with E-state index in [4.69, 9.17) is 5.73 Å². The number of fused-ring (bicyclic) bond motifs is 1. The van der Waals surface area contributed by atoms with Gasteiger partial charge in [-0.25, -0.2) is 0 Å². The van der Waals surface area contributed by atoms with Crippen LogP contribution in [0.25, 0.3) is 10.9 Å². The van der Waals surface area contributed by atoms with E-state index in [9.17, 15) is 19.2 Å². The number of hydrogen-bond donors (Lipinski definition) is 5. The quantitative estimate of drug-likeness (QED) is 0.354. The second kappa shape index (κ2) is 8.48. The standard InChI is InChI=1S/C16H19N5O4/c17-14(23)7-20-16(25)13(21-15(24)8-18-9-22)5-10-6-19-12-4-2-1-3-11(10)12/h1-4,6,9,13,19H,5,7-8H2,(H2,17,23)(H,18,22)(H,20,25)(H,21,24). The normalized spacial score (nSPS) is 11.5. The molecule has 4 amide bonds. The molecular weight excluding hydrogens is 326 g/mol. The van der Waals surface area contributed by atoms with Gasteiger partial charge in [0.25, 0.3) is 0 Å². The van der Waals surface area contributed by atoms with Gasteiger partial charge in [-0.1, -0.05) is 18.2 Å². The number of carbonyl (C=O) groups is 4. The largest absolute Gasteiger partial charge is 0.368 e. The summed E-state index contributed by atoms with van der Waals surface area (Å²) in [6, 6.07) is 6.63. The summed E-state index contributed by atoms with van der Waals surface area (Å²) in [4.78, 5) is 48.3. The maximum absolute atomic E-state index is 12.3. The minimum atomic E-state index is -0.917. The highest BCUT2D eigenvalue weighted by atomic mass is 16.2. The van der Waals surface area contributed by atoms with Gasteiger partial charge in [-0.15, -0.1) is 0 Å². The highest BCUT2D eigenvalue weighted by molar-refractivity contribution is 5.92. The molecule has 1 aromatic heterocycles. The SMILES string of the molecule is NC(=O)CNC(=O)C(Cc1c[nH]c2ccccc12)NC(=O)CNC=O. The summed E-state index contributed by atoms with van der Waals surface area (Å²) in [6.07, 6.45) is 2.36. The molecule has 2 aromatic rings. The highest BCUT2D eigenvalue weighted by Gasteiger charge is 2.22. The number of para-hydroxylation sites is 1. The lowest BCUT2D eigenvalue weighted by Crippen LogP contribution is -2.51. The first-order valence-corrected chi connectivity index (χ1v) is 7.58. The van der Waals surface area contributed by atoms with E-state index in [0.717, 1.165) is 16.5 Å². The smallest absolute Gasteiger partial charge is 0.243 e. The van der Waals surface area contributed by atoms with Crippen LogP contribution in [0.15, 0.2) is 30.5 Å². The summed E-state index contributed by atoms with van der Waals surface area (Å²) >= 11 is 0. The number of hydrogen-bond acceptors (Lipinski definition) is 4. The van der Waals surface area contributed by atoms with E-state index in [1.165, 1.54) is 0 Å². The number of nitrogens with two attached hydrogens (primary N) is 1. The molecule has 0 spiro atoms. The maximum Gasteiger partial charge on any atom is 0.243 e. The second-order valence-electron chi connectivity index (χ2n) is 5.37. The minimum Gasteiger partial charge on any atom is -0.368 e. The van der Waals surface area contributed by atoms with Gasteiger partial charge in [0.1, 0.15) is 6.04 Å². The summed E-state index contributed by atoms with van der Waals surface area (Å²) in [6.45, 7) is -0.581. The molecule has 132 valence electrons. The number of rotatable bonds is 9. The molecule has 25 heavy (non-hydrogen) atoms. The van der Waals surface area contributed by atoms with E-state index in [1.54, 1.807) is 6.20 Å². The van der Waals surface area contributed by atoms with Crippen LogP contribution in [0.4, 0.5) is 0 Å². The summed E-state index contributed by atoms with van der Waals surface area (Å²) in [7, 11) is 0. The molecule has 0 radical (unpaired) electrons. The molecule has 0 aliphatic heterocycles. The Balaban J connectivity index is 2.14. The molecule has 9 nitrogen and oxygen atoms in total. The first-order chi connectivity index (χ1) is 12.0. The molecule has 1 atom stereocenters. The average Bonchev–Trinajstić information content (AvgIpc) is 3.00. The van der Waals surface area contributed by atoms with E-state index < -0.39 is 23.8 Å². The molecule has 2 rings (SSSR count). The maximum atomic E-state index is 12.3. The zero-order valence-electron chi connectivity index (χ0n) is 13.4. The Bertz CT molecular complexity index is 786. The Kier molecular flexibility index (Phi) is 6.10. The van der Waals surface area contributed by atoms with Gasteiger partial charge in [0, 0.05) is 23.5 Å². The molecule has 0 aliphatic carbocycles. The number of H-pyrrole nitrogens is 1. The van der Waals surface area contributed by atoms with Crippen molar-refractivity contribution in [3.05, 3.63) is 36.0 Å². The number of carbonyl (C=O) groups excluding carboxylic acids is 4. The summed E-state index contributed by atoms with van der Waals surface area (Å²) < 4.78 is 0. The molecule has 0 fully saturated rings. The summed E-state index contributed by atoms with van der Waals surface area (Å²) in [5, 5.41) is 8.07. The zero-order chi connectivity index (χ0) is 18.2. The van der Waals surface area contributed by atoms with Gasteiger partial charge in [-0.3, -0.25) is 19.2 Å². The monoisotopic (exact) mass is 345 g/mol. The van der Waals surface area contributed by atoms with Gasteiger partial charge in [0.2, 0.25) is 24.1 Å². The van der Waals surface area contributed by atoms with Crippen molar-refractivity contribution in [1.29, 1.82) is 0 Å². The number of nitrogens with one attached hydrogen (secondary N) is 4. The molecule has 1 aromatic carbocycles. The van der Waals surface area contributed by atoms with Crippen LogP contribution in [0.5, 0.6) is 0 Å². The van der Waals surface area contributed by atoms with Crippen LogP contribution in [0.3, 0.4) is 0 Å². The summed E-state index contributed by atoms with van der Waals surface area (Å²) in [5.74, 6) is -1.75. The van der Waals surface area contributed by atoms with Crippen molar-refractivity contribution in [2.45, 2.75) is 12.5 Å². The number of primary amides is 1. The third kappa shape index (κ3) is 5.06. The van der Waals surface area contributed by atoms with Crippen LogP contribution >= 0.6 is 0 Å². The number of aromatic nitrogens is 1. The predicted octanol–water partition coefficient (Wildman–Crippen LogP) is -1.46. The summed E-state index contributed by atoms with van der Waals surface area (Å²) in [5.41, 5.74) is 6.76. The van der Waals surface area contributed by atoms with Crippen LogP contribution in [-0.4, -0.2) is 48.2 Å². The average molecular weight is 345 g/mol. The van der Waals surface area contributed by atoms with E-state index in [1.807, 2.05) is 24.3 Å². The Labute approximate surface area is 143 Å². The number of benzene rings is 1. The molecule has 1 heterocycles. The molecule has 0 bridgehead atoms. The molecule has 9 heteroatoms. The molecule has 0 aliphatic rings. The van der Waals surface area contributed by atoms with E-state index in [-0.39, 0.29) is 19.5 Å². The Hall–Kier alpha value is -3.36. The van der Waals surface area contributed by atoms with Crippen molar-refractivity contribution >= 4 is 35.0 Å². The lowest BCUT2D eigenvalue weighted by atomic mass is 10.0. The van der Waals surface area contributed by atoms with Crippen molar-refractivity contribution in [2.24, 2.45) is 5.73 Å². The fourth-order valence-electron chi connectivity index (χ4n) is 2.41. The van der Waals surface area contributed by atoms with Crippen LogP contribution in [-0.2, 0) is 25.6 Å². The predicted molar refractivity (Wildman–Crippen MR) is 90.2 cm³/mol. The van der Waals surface area contributed by atoms with Gasteiger partial charge < -0.3 is 26.7 Å². The third-order valence-electron chi connectivity index (χ3n) is 3.53. The lowest BCUT2D eigenvalue weighted by Gasteiger charge is -2.18. The van der Waals surface area contributed by atoms with Gasteiger partial charge in [0.15, 0.2) is 0 Å². The first kappa shape index (κ1) is 18.0. The van der Waals surface area contributed by atoms with Crippen LogP contribution < -0.4 is 21.7 Å². The number of aromatic amines is 1.